The molecule has 96 valence electrons. The number of fused-ring (bicyclic) bond motifs is 1. The van der Waals surface area contributed by atoms with Crippen LogP contribution in [0.2, 0.25) is 0 Å². The lowest BCUT2D eigenvalue weighted by Crippen LogP contribution is -2.34. The van der Waals surface area contributed by atoms with Gasteiger partial charge in [0.2, 0.25) is 5.91 Å². The van der Waals surface area contributed by atoms with E-state index in [-0.39, 0.29) is 18.5 Å². The third kappa shape index (κ3) is 2.53. The summed E-state index contributed by atoms with van der Waals surface area (Å²) in [7, 11) is 0. The highest BCUT2D eigenvalue weighted by molar-refractivity contribution is 5.84. The predicted molar refractivity (Wildman–Crippen MR) is 72.4 cm³/mol. The Morgan fingerprint density at radius 2 is 2.17 bits per heavy atom. The number of amides is 1. The maximum atomic E-state index is 11.9. The van der Waals surface area contributed by atoms with Crippen LogP contribution in [0.25, 0.3) is 10.9 Å². The summed E-state index contributed by atoms with van der Waals surface area (Å²) < 4.78 is 1.77. The molecule has 0 fully saturated rings. The third-order valence-electron chi connectivity index (χ3n) is 3.16. The van der Waals surface area contributed by atoms with Gasteiger partial charge in [-0.25, -0.2) is 0 Å². The molecule has 0 aliphatic carbocycles. The van der Waals surface area contributed by atoms with Crippen molar-refractivity contribution in [3.05, 3.63) is 30.0 Å². The Morgan fingerprint density at radius 1 is 1.44 bits per heavy atom. The van der Waals surface area contributed by atoms with Crippen LogP contribution in [0.1, 0.15) is 26.0 Å². The second-order valence-corrected chi connectivity index (χ2v) is 4.64. The number of nitrogens with zero attached hydrogens (tertiary/aromatic N) is 2. The minimum atomic E-state index is 0.0117. The van der Waals surface area contributed by atoms with Crippen LogP contribution >= 0.6 is 0 Å². The smallest absolute Gasteiger partial charge is 0.241 e. The summed E-state index contributed by atoms with van der Waals surface area (Å²) in [6.07, 6.45) is 0.935. The molecule has 0 aliphatic heterocycles. The second kappa shape index (κ2) is 5.21. The second-order valence-electron chi connectivity index (χ2n) is 4.64. The molecule has 2 aromatic rings. The van der Waals surface area contributed by atoms with Crippen molar-refractivity contribution < 1.29 is 4.79 Å². The highest BCUT2D eigenvalue weighted by Crippen LogP contribution is 2.17. The van der Waals surface area contributed by atoms with Gasteiger partial charge in [0.25, 0.3) is 0 Å². The maximum Gasteiger partial charge on any atom is 0.241 e. The van der Waals surface area contributed by atoms with Crippen molar-refractivity contribution in [1.82, 2.24) is 15.1 Å². The number of hydrogen-bond donors (Lipinski definition) is 1. The number of para-hydroxylation sites is 1. The van der Waals surface area contributed by atoms with Gasteiger partial charge in [0.1, 0.15) is 6.54 Å². The summed E-state index contributed by atoms with van der Waals surface area (Å²) in [4.78, 5) is 11.9. The number of rotatable bonds is 4. The highest BCUT2D eigenvalue weighted by atomic mass is 16.2. The highest BCUT2D eigenvalue weighted by Gasteiger charge is 2.11. The minimum Gasteiger partial charge on any atom is -0.352 e. The van der Waals surface area contributed by atoms with Gasteiger partial charge in [0.15, 0.2) is 0 Å². The van der Waals surface area contributed by atoms with E-state index in [9.17, 15) is 4.79 Å². The first-order chi connectivity index (χ1) is 8.61. The first-order valence-corrected chi connectivity index (χ1v) is 6.33. The largest absolute Gasteiger partial charge is 0.352 e. The Hall–Kier alpha value is -1.84. The Bertz CT molecular complexity index is 559. The summed E-state index contributed by atoms with van der Waals surface area (Å²) in [6.45, 7) is 6.30. The Labute approximate surface area is 107 Å². The molecule has 0 saturated carbocycles. The topological polar surface area (TPSA) is 46.9 Å². The van der Waals surface area contributed by atoms with E-state index in [4.69, 9.17) is 0 Å². The Morgan fingerprint density at radius 3 is 2.89 bits per heavy atom. The minimum absolute atomic E-state index is 0.0117. The molecule has 0 spiro atoms. The van der Waals surface area contributed by atoms with E-state index in [0.29, 0.717) is 0 Å². The van der Waals surface area contributed by atoms with Gasteiger partial charge in [-0.05, 0) is 26.3 Å². The molecule has 18 heavy (non-hydrogen) atoms. The molecule has 1 aromatic carbocycles. The average Bonchev–Trinajstić information content (AvgIpc) is 2.67. The van der Waals surface area contributed by atoms with Crippen molar-refractivity contribution in [3.63, 3.8) is 0 Å². The fourth-order valence-corrected chi connectivity index (χ4v) is 1.97. The zero-order valence-corrected chi connectivity index (χ0v) is 11.1. The van der Waals surface area contributed by atoms with Crippen LogP contribution in [-0.4, -0.2) is 21.7 Å². The molecular formula is C14H19N3O. The molecule has 0 bridgehead atoms. The average molecular weight is 245 g/mol. The van der Waals surface area contributed by atoms with Gasteiger partial charge < -0.3 is 5.32 Å². The van der Waals surface area contributed by atoms with Crippen LogP contribution in [0.3, 0.4) is 0 Å². The number of nitrogens with one attached hydrogen (secondary N) is 1. The first-order valence-electron chi connectivity index (χ1n) is 6.33. The van der Waals surface area contributed by atoms with Gasteiger partial charge in [-0.15, -0.1) is 0 Å². The zero-order valence-electron chi connectivity index (χ0n) is 11.1. The van der Waals surface area contributed by atoms with E-state index in [1.807, 2.05) is 38.1 Å². The fraction of sp³-hybridized carbons (Fsp3) is 0.429. The molecule has 0 unspecified atom stereocenters. The normalized spacial score (nSPS) is 12.6. The predicted octanol–water partition coefficient (Wildman–Crippen LogP) is 2.26. The van der Waals surface area contributed by atoms with Crippen LogP contribution in [0, 0.1) is 6.92 Å². The maximum absolute atomic E-state index is 11.9. The molecule has 1 aromatic heterocycles. The fourth-order valence-electron chi connectivity index (χ4n) is 1.97. The molecule has 2 rings (SSSR count). The number of carbonyl (C=O) groups is 1. The number of benzene rings is 1. The summed E-state index contributed by atoms with van der Waals surface area (Å²) in [6, 6.07) is 8.18. The van der Waals surface area contributed by atoms with Gasteiger partial charge in [0, 0.05) is 11.4 Å². The van der Waals surface area contributed by atoms with Gasteiger partial charge in [-0.2, -0.15) is 5.10 Å². The molecule has 1 amide bonds. The molecule has 1 heterocycles. The van der Waals surface area contributed by atoms with Crippen LogP contribution < -0.4 is 5.32 Å². The van der Waals surface area contributed by atoms with Crippen LogP contribution in [0.4, 0.5) is 0 Å². The number of carbonyl (C=O) groups excluding carboxylic acids is 1. The summed E-state index contributed by atoms with van der Waals surface area (Å²) >= 11 is 0. The lowest BCUT2D eigenvalue weighted by atomic mass is 10.2. The number of aryl methyl sites for hydroxylation is 1. The van der Waals surface area contributed by atoms with Gasteiger partial charge in [0.05, 0.1) is 11.2 Å². The lowest BCUT2D eigenvalue weighted by Gasteiger charge is -2.11. The van der Waals surface area contributed by atoms with E-state index in [0.717, 1.165) is 23.0 Å². The summed E-state index contributed by atoms with van der Waals surface area (Å²) in [5.74, 6) is 0.0117. The van der Waals surface area contributed by atoms with Crippen molar-refractivity contribution in [1.29, 1.82) is 0 Å². The first kappa shape index (κ1) is 12.6. The van der Waals surface area contributed by atoms with E-state index in [2.05, 4.69) is 17.3 Å². The van der Waals surface area contributed by atoms with Crippen molar-refractivity contribution in [2.45, 2.75) is 39.8 Å². The Kier molecular flexibility index (Phi) is 3.65. The summed E-state index contributed by atoms with van der Waals surface area (Å²) in [5, 5.41) is 8.48. The summed E-state index contributed by atoms with van der Waals surface area (Å²) in [5.41, 5.74) is 1.97. The van der Waals surface area contributed by atoms with E-state index < -0.39 is 0 Å². The molecule has 1 N–H and O–H groups in total. The van der Waals surface area contributed by atoms with Crippen LogP contribution in [0.15, 0.2) is 24.3 Å². The van der Waals surface area contributed by atoms with E-state index in [1.165, 1.54) is 0 Å². The van der Waals surface area contributed by atoms with Crippen molar-refractivity contribution in [3.8, 4) is 0 Å². The molecular weight excluding hydrogens is 226 g/mol. The van der Waals surface area contributed by atoms with E-state index in [1.54, 1.807) is 4.68 Å². The van der Waals surface area contributed by atoms with Crippen molar-refractivity contribution in [2.75, 3.05) is 0 Å². The van der Waals surface area contributed by atoms with E-state index >= 15 is 0 Å². The monoisotopic (exact) mass is 245 g/mol. The molecule has 4 nitrogen and oxygen atoms in total. The molecule has 0 saturated heterocycles. The molecule has 4 heteroatoms. The van der Waals surface area contributed by atoms with Crippen LogP contribution in [-0.2, 0) is 11.3 Å². The zero-order chi connectivity index (χ0) is 13.1. The van der Waals surface area contributed by atoms with Gasteiger partial charge in [-0.1, -0.05) is 25.1 Å². The quantitative estimate of drug-likeness (QED) is 0.898. The number of aromatic nitrogens is 2. The lowest BCUT2D eigenvalue weighted by molar-refractivity contribution is -0.122. The molecule has 1 atom stereocenters. The standard InChI is InChI=1S/C14H19N3O/c1-4-10(2)15-14(18)9-17-13-8-6-5-7-12(13)11(3)16-17/h5-8,10H,4,9H2,1-3H3,(H,15,18)/t10-/m0/s1. The number of hydrogen-bond acceptors (Lipinski definition) is 2. The van der Waals surface area contributed by atoms with Gasteiger partial charge in [-0.3, -0.25) is 9.48 Å². The van der Waals surface area contributed by atoms with Gasteiger partial charge >= 0.3 is 0 Å². The van der Waals surface area contributed by atoms with Crippen LogP contribution in [0.5, 0.6) is 0 Å². The molecule has 0 aliphatic rings. The third-order valence-corrected chi connectivity index (χ3v) is 3.16. The van der Waals surface area contributed by atoms with Crippen molar-refractivity contribution >= 4 is 16.8 Å². The van der Waals surface area contributed by atoms with Crippen molar-refractivity contribution in [2.24, 2.45) is 0 Å². The molecule has 0 radical (unpaired) electrons. The Balaban J connectivity index is 2.19. The SMILES string of the molecule is CC[C@H](C)NC(=O)Cn1nc(C)c2ccccc21.